The van der Waals surface area contributed by atoms with Crippen molar-refractivity contribution in [2.45, 2.75) is 12.6 Å². The Labute approximate surface area is 177 Å². The van der Waals surface area contributed by atoms with Gasteiger partial charge in [0.15, 0.2) is 23.0 Å². The number of fused-ring (bicyclic) bond motifs is 2. The number of imidazole rings is 1. The number of methoxy groups -OCH3 is 1. The zero-order valence-corrected chi connectivity index (χ0v) is 17.3. The van der Waals surface area contributed by atoms with Crippen molar-refractivity contribution in [3.8, 4) is 22.8 Å². The van der Waals surface area contributed by atoms with E-state index in [0.717, 1.165) is 16.2 Å². The van der Waals surface area contributed by atoms with Gasteiger partial charge in [-0.05, 0) is 30.2 Å². The summed E-state index contributed by atoms with van der Waals surface area (Å²) in [6.07, 6.45) is -0.635. The van der Waals surface area contributed by atoms with E-state index in [1.54, 1.807) is 47.4 Å². The Balaban J connectivity index is 1.77. The first kappa shape index (κ1) is 19.8. The van der Waals surface area contributed by atoms with E-state index in [4.69, 9.17) is 7.80 Å². The van der Waals surface area contributed by atoms with Gasteiger partial charge in [0.05, 0.1) is 24.6 Å². The summed E-state index contributed by atoms with van der Waals surface area (Å²) in [5, 5.41) is 0. The van der Waals surface area contributed by atoms with Crippen LogP contribution in [0.2, 0.25) is 0 Å². The molecule has 0 saturated carbocycles. The fraction of sp³-hybridized carbons (Fsp3) is 0.263. The van der Waals surface area contributed by atoms with Crippen molar-refractivity contribution in [3.05, 3.63) is 47.8 Å². The average molecular weight is 517 g/mol. The normalized spacial score (nSPS) is 14.2. The molecular weight excluding hydrogens is 502 g/mol. The summed E-state index contributed by atoms with van der Waals surface area (Å²) in [6, 6.07) is 7.04. The summed E-state index contributed by atoms with van der Waals surface area (Å²) >= 11 is 1.79. The van der Waals surface area contributed by atoms with Crippen LogP contribution in [0.25, 0.3) is 16.9 Å². The zero-order chi connectivity index (χ0) is 20.8. The van der Waals surface area contributed by atoms with Gasteiger partial charge in [-0.25, -0.2) is 4.98 Å². The Hall–Kier alpha value is -2.50. The van der Waals surface area contributed by atoms with Crippen molar-refractivity contribution in [2.75, 3.05) is 20.2 Å². The van der Waals surface area contributed by atoms with Crippen LogP contribution >= 0.6 is 23.0 Å². The molecule has 3 aromatic rings. The lowest BCUT2D eigenvalue weighted by Crippen LogP contribution is -2.43. The minimum Gasteiger partial charge on any atom is -0.496 e. The van der Waals surface area contributed by atoms with Gasteiger partial charge < -0.3 is 12.7 Å². The highest BCUT2D eigenvalue weighted by atomic mass is 127. The molecule has 0 radical (unpaired) electrons. The first-order valence-corrected chi connectivity index (χ1v) is 9.52. The van der Waals surface area contributed by atoms with Gasteiger partial charge in [0, 0.05) is 24.4 Å². The van der Waals surface area contributed by atoms with Crippen LogP contribution in [0.15, 0.2) is 36.7 Å². The van der Waals surface area contributed by atoms with Gasteiger partial charge in [0.1, 0.15) is 23.7 Å². The van der Waals surface area contributed by atoms with Crippen molar-refractivity contribution in [1.29, 1.82) is 0 Å². The molecule has 6 nitrogen and oxygen atoms in total. The van der Waals surface area contributed by atoms with Crippen LogP contribution in [0.5, 0.6) is 11.5 Å². The van der Waals surface area contributed by atoms with E-state index in [-0.39, 0.29) is 17.9 Å². The van der Waals surface area contributed by atoms with E-state index < -0.39 is 18.6 Å². The molecule has 0 fully saturated rings. The molecule has 1 aliphatic rings. The fourth-order valence-electron chi connectivity index (χ4n) is 3.53. The van der Waals surface area contributed by atoms with E-state index in [9.17, 15) is 18.0 Å². The molecule has 1 aromatic carbocycles. The predicted octanol–water partition coefficient (Wildman–Crippen LogP) is 4.30. The quantitative estimate of drug-likeness (QED) is 0.485. The molecule has 0 spiro atoms. The second kappa shape index (κ2) is 7.39. The van der Waals surface area contributed by atoms with Crippen molar-refractivity contribution in [2.24, 2.45) is 0 Å². The zero-order valence-electron chi connectivity index (χ0n) is 15.2. The first-order valence-electron chi connectivity index (χ1n) is 8.63. The third-order valence-electron chi connectivity index (χ3n) is 4.80. The number of pyridine rings is 1. The number of alkyl halides is 3. The molecule has 0 N–H and O–H groups in total. The second-order valence-electron chi connectivity index (χ2n) is 6.62. The van der Waals surface area contributed by atoms with Gasteiger partial charge in [0.2, 0.25) is 0 Å². The molecule has 0 saturated heterocycles. The van der Waals surface area contributed by atoms with Crippen LogP contribution in [-0.4, -0.2) is 46.6 Å². The molecule has 29 heavy (non-hydrogen) atoms. The number of aromatic nitrogens is 2. The Morgan fingerprint density at radius 2 is 2.07 bits per heavy atom. The number of amides is 1. The highest BCUT2D eigenvalue weighted by molar-refractivity contribution is 14.1. The lowest BCUT2D eigenvalue weighted by molar-refractivity contribution is -0.141. The molecule has 1 amide bonds. The number of nitrogens with zero attached hydrogens (tertiary/aromatic N) is 3. The Kier molecular flexibility index (Phi) is 5.05. The standard InChI is InChI=1S/C19H15F3IN3O3/c1-28-15-7-12(14-9-24-16-8-13(29-23)3-5-26(14)16)6-11-2-4-25(10-19(20,21)22)18(27)17(11)15/h3,5-9H,2,4,10H2,1H3. The smallest absolute Gasteiger partial charge is 0.406 e. The molecule has 3 heterocycles. The third kappa shape index (κ3) is 3.72. The van der Waals surface area contributed by atoms with E-state index in [1.807, 2.05) is 16.7 Å². The van der Waals surface area contributed by atoms with Crippen molar-refractivity contribution >= 4 is 34.6 Å². The lowest BCUT2D eigenvalue weighted by Gasteiger charge is -2.30. The number of benzene rings is 1. The largest absolute Gasteiger partial charge is 0.496 e. The Morgan fingerprint density at radius 3 is 2.76 bits per heavy atom. The van der Waals surface area contributed by atoms with Gasteiger partial charge in [-0.1, -0.05) is 0 Å². The van der Waals surface area contributed by atoms with Gasteiger partial charge >= 0.3 is 6.18 Å². The molecule has 10 heteroatoms. The minimum atomic E-state index is -4.45. The van der Waals surface area contributed by atoms with Crippen LogP contribution in [0.4, 0.5) is 13.2 Å². The summed E-state index contributed by atoms with van der Waals surface area (Å²) in [5.74, 6) is 0.235. The number of carbonyl (C=O) groups is 1. The summed E-state index contributed by atoms with van der Waals surface area (Å²) in [5.41, 5.74) is 3.05. The Bertz CT molecular complexity index is 1080. The molecule has 0 aliphatic carbocycles. The Morgan fingerprint density at radius 1 is 1.28 bits per heavy atom. The van der Waals surface area contributed by atoms with Gasteiger partial charge in [0.25, 0.3) is 5.91 Å². The highest BCUT2D eigenvalue weighted by Gasteiger charge is 2.37. The molecular formula is C19H15F3IN3O3. The maximum atomic E-state index is 12.8. The fourth-order valence-corrected chi connectivity index (χ4v) is 3.80. The molecule has 1 aliphatic heterocycles. The van der Waals surface area contributed by atoms with Gasteiger partial charge in [-0.3, -0.25) is 9.20 Å². The molecule has 152 valence electrons. The summed E-state index contributed by atoms with van der Waals surface area (Å²) in [7, 11) is 1.40. The second-order valence-corrected chi connectivity index (χ2v) is 7.06. The molecule has 4 rings (SSSR count). The summed E-state index contributed by atoms with van der Waals surface area (Å²) < 4.78 is 50.8. The molecule has 2 aromatic heterocycles. The van der Waals surface area contributed by atoms with Gasteiger partial charge in [-0.2, -0.15) is 13.2 Å². The van der Waals surface area contributed by atoms with Crippen LogP contribution in [0, 0.1) is 0 Å². The van der Waals surface area contributed by atoms with E-state index in [2.05, 4.69) is 4.98 Å². The van der Waals surface area contributed by atoms with Gasteiger partial charge in [-0.15, -0.1) is 0 Å². The maximum absolute atomic E-state index is 12.8. The maximum Gasteiger partial charge on any atom is 0.406 e. The summed E-state index contributed by atoms with van der Waals surface area (Å²) in [4.78, 5) is 17.9. The van der Waals surface area contributed by atoms with E-state index >= 15 is 0 Å². The highest BCUT2D eigenvalue weighted by Crippen LogP contribution is 2.35. The number of carbonyl (C=O) groups excluding carboxylic acids is 1. The molecule has 0 bridgehead atoms. The van der Waals surface area contributed by atoms with Crippen LogP contribution in [0.3, 0.4) is 0 Å². The van der Waals surface area contributed by atoms with E-state index in [1.165, 1.54) is 7.11 Å². The number of hydrogen-bond acceptors (Lipinski definition) is 4. The summed E-state index contributed by atoms with van der Waals surface area (Å²) in [6.45, 7) is -1.27. The van der Waals surface area contributed by atoms with Crippen LogP contribution in [-0.2, 0) is 6.42 Å². The van der Waals surface area contributed by atoms with Crippen molar-refractivity contribution in [1.82, 2.24) is 14.3 Å². The topological polar surface area (TPSA) is 56.1 Å². The van der Waals surface area contributed by atoms with Crippen LogP contribution < -0.4 is 7.80 Å². The van der Waals surface area contributed by atoms with Crippen molar-refractivity contribution in [3.63, 3.8) is 0 Å². The number of ether oxygens (including phenoxy) is 1. The SMILES string of the molecule is COc1cc(-c2cnc3cc(OI)ccn23)cc2c1C(=O)N(CC(F)(F)F)CC2. The monoisotopic (exact) mass is 517 g/mol. The minimum absolute atomic E-state index is 0.00145. The van der Waals surface area contributed by atoms with Crippen molar-refractivity contribution < 1.29 is 25.8 Å². The third-order valence-corrected chi connectivity index (χ3v) is 5.30. The molecule has 0 atom stereocenters. The number of hydrogen-bond donors (Lipinski definition) is 0. The van der Waals surface area contributed by atoms with Crippen LogP contribution in [0.1, 0.15) is 15.9 Å². The number of rotatable bonds is 4. The van der Waals surface area contributed by atoms with E-state index in [0.29, 0.717) is 23.4 Å². The molecule has 0 unspecified atom stereocenters. The predicted molar refractivity (Wildman–Crippen MR) is 107 cm³/mol. The lowest BCUT2D eigenvalue weighted by atomic mass is 9.94. The first-order chi connectivity index (χ1) is 13.8. The number of halogens is 4. The average Bonchev–Trinajstić information content (AvgIpc) is 3.11.